The molecule has 3 aromatic carbocycles. The molecule has 3 aromatic heterocycles. The Bertz CT molecular complexity index is 2380. The van der Waals surface area contributed by atoms with Crippen LogP contribution in [0.2, 0.25) is 0 Å². The number of hydrogen-bond donors (Lipinski definition) is 1. The van der Waals surface area contributed by atoms with E-state index in [1.54, 1.807) is 18.5 Å². The van der Waals surface area contributed by atoms with Gasteiger partial charge in [0.2, 0.25) is 5.89 Å². The van der Waals surface area contributed by atoms with Crippen LogP contribution in [0.4, 0.5) is 11.5 Å². The number of benzene rings is 3. The molecular formula is C42H40N6O4. The molecule has 0 atom stereocenters. The van der Waals surface area contributed by atoms with Crippen molar-refractivity contribution in [1.82, 2.24) is 19.9 Å². The van der Waals surface area contributed by atoms with Crippen LogP contribution in [0.3, 0.4) is 0 Å². The van der Waals surface area contributed by atoms with E-state index in [1.165, 1.54) is 0 Å². The Balaban J connectivity index is 1.14. The Morgan fingerprint density at radius 1 is 1.02 bits per heavy atom. The van der Waals surface area contributed by atoms with E-state index in [0.29, 0.717) is 46.0 Å². The molecule has 6 aromatic rings. The average molecular weight is 693 g/mol. The first kappa shape index (κ1) is 34.5. The van der Waals surface area contributed by atoms with Gasteiger partial charge in [-0.3, -0.25) is 19.5 Å². The largest absolute Gasteiger partial charge is 0.460 e. The maximum atomic E-state index is 12.6. The number of nitrogens with one attached hydrogen (secondary N) is 1. The summed E-state index contributed by atoms with van der Waals surface area (Å²) in [6.45, 7) is 12.0. The Morgan fingerprint density at radius 2 is 1.75 bits per heavy atom. The lowest BCUT2D eigenvalue weighted by Crippen LogP contribution is -2.38. The number of rotatable bonds is 8. The quantitative estimate of drug-likeness (QED) is 0.122. The summed E-state index contributed by atoms with van der Waals surface area (Å²) in [6, 6.07) is 22.0. The van der Waals surface area contributed by atoms with Crippen molar-refractivity contribution in [3.8, 4) is 28.7 Å². The predicted octanol–water partition coefficient (Wildman–Crippen LogP) is 8.70. The molecule has 1 saturated heterocycles. The standard InChI is InChI=1S/C42H40N6O4/c1-25-32(33-9-7-11-35(26(33)2)46-39-37-30(12-15-44-39)19-28(24-49)22-45-37)8-6-10-34(25)40-47-36-20-27(18-31(21-43)38(36)51-40)23-48-16-13-29(14-17-48)41(50)52-42(3,4)5/h6-12,15,18-20,22,24,29H,13-14,16-17,23H2,1-5H3,(H,44,46). The monoisotopic (exact) mass is 692 g/mol. The second-order valence-corrected chi connectivity index (χ2v) is 14.4. The predicted molar refractivity (Wildman–Crippen MR) is 201 cm³/mol. The first-order valence-electron chi connectivity index (χ1n) is 17.5. The third kappa shape index (κ3) is 7.00. The van der Waals surface area contributed by atoms with Crippen LogP contribution in [0.15, 0.2) is 77.5 Å². The number of nitriles is 1. The summed E-state index contributed by atoms with van der Waals surface area (Å²) in [5.41, 5.74) is 9.01. The van der Waals surface area contributed by atoms with Crippen LogP contribution in [0.1, 0.15) is 66.2 Å². The molecule has 1 aliphatic heterocycles. The number of carbonyl (C=O) groups excluding carboxylic acids is 2. The van der Waals surface area contributed by atoms with Gasteiger partial charge < -0.3 is 14.5 Å². The lowest BCUT2D eigenvalue weighted by molar-refractivity contribution is -0.161. The summed E-state index contributed by atoms with van der Waals surface area (Å²) in [5, 5.41) is 14.4. The number of carbonyl (C=O) groups is 2. The molecule has 52 heavy (non-hydrogen) atoms. The molecule has 10 heteroatoms. The molecule has 1 N–H and O–H groups in total. The molecule has 0 bridgehead atoms. The van der Waals surface area contributed by atoms with Crippen LogP contribution in [-0.2, 0) is 16.1 Å². The SMILES string of the molecule is Cc1c(Nc2nccc3cc(C=O)cnc23)cccc1-c1cccc(-c2nc3cc(CN4CCC(C(=O)OC(C)(C)C)CC4)cc(C#N)c3o2)c1C. The molecule has 0 amide bonds. The van der Waals surface area contributed by atoms with Gasteiger partial charge in [-0.15, -0.1) is 0 Å². The van der Waals surface area contributed by atoms with Crippen molar-refractivity contribution in [2.24, 2.45) is 5.92 Å². The molecule has 1 aliphatic rings. The van der Waals surface area contributed by atoms with Crippen molar-refractivity contribution in [3.05, 3.63) is 101 Å². The highest BCUT2D eigenvalue weighted by Crippen LogP contribution is 2.38. The van der Waals surface area contributed by atoms with Crippen LogP contribution >= 0.6 is 0 Å². The number of fused-ring (bicyclic) bond motifs is 2. The summed E-state index contributed by atoms with van der Waals surface area (Å²) in [4.78, 5) is 40.1. The Kier molecular flexibility index (Phi) is 9.30. The highest BCUT2D eigenvalue weighted by molar-refractivity contribution is 5.93. The summed E-state index contributed by atoms with van der Waals surface area (Å²) >= 11 is 0. The van der Waals surface area contributed by atoms with Gasteiger partial charge in [-0.2, -0.15) is 5.26 Å². The highest BCUT2D eigenvalue weighted by atomic mass is 16.6. The molecule has 0 unspecified atom stereocenters. The Hall–Kier alpha value is -5.92. The van der Waals surface area contributed by atoms with E-state index in [9.17, 15) is 14.9 Å². The summed E-state index contributed by atoms with van der Waals surface area (Å²) in [6.07, 6.45) is 5.51. The average Bonchev–Trinajstić information content (AvgIpc) is 3.56. The zero-order valence-corrected chi connectivity index (χ0v) is 30.0. The molecule has 10 nitrogen and oxygen atoms in total. The fourth-order valence-electron chi connectivity index (χ4n) is 6.93. The van der Waals surface area contributed by atoms with Crippen LogP contribution in [-0.4, -0.2) is 50.8 Å². The van der Waals surface area contributed by atoms with Crippen LogP contribution in [0, 0.1) is 31.1 Å². The minimum absolute atomic E-state index is 0.0930. The van der Waals surface area contributed by atoms with Gasteiger partial charge >= 0.3 is 5.97 Å². The van der Waals surface area contributed by atoms with Crippen LogP contribution in [0.5, 0.6) is 0 Å². The van der Waals surface area contributed by atoms with E-state index in [0.717, 1.165) is 76.7 Å². The van der Waals surface area contributed by atoms with Crippen LogP contribution < -0.4 is 5.32 Å². The van der Waals surface area contributed by atoms with E-state index in [4.69, 9.17) is 14.1 Å². The van der Waals surface area contributed by atoms with Gasteiger partial charge in [-0.05, 0) is 125 Å². The summed E-state index contributed by atoms with van der Waals surface area (Å²) < 4.78 is 11.9. The Labute approximate surface area is 302 Å². The number of nitrogens with zero attached hydrogens (tertiary/aromatic N) is 5. The number of aromatic nitrogens is 3. The number of anilines is 2. The number of likely N-dealkylation sites (tertiary alicyclic amines) is 1. The zero-order valence-electron chi connectivity index (χ0n) is 30.0. The van der Waals surface area contributed by atoms with E-state index >= 15 is 0 Å². The highest BCUT2D eigenvalue weighted by Gasteiger charge is 2.29. The minimum Gasteiger partial charge on any atom is -0.460 e. The van der Waals surface area contributed by atoms with Crippen molar-refractivity contribution in [1.29, 1.82) is 5.26 Å². The fraction of sp³-hybridized carbons (Fsp3) is 0.286. The molecule has 262 valence electrons. The van der Waals surface area contributed by atoms with Gasteiger partial charge in [0.05, 0.1) is 11.5 Å². The van der Waals surface area contributed by atoms with E-state index < -0.39 is 5.60 Å². The van der Waals surface area contributed by atoms with E-state index in [-0.39, 0.29) is 11.9 Å². The van der Waals surface area contributed by atoms with Crippen LogP contribution in [0.25, 0.3) is 44.6 Å². The second kappa shape index (κ2) is 14.0. The number of pyridine rings is 2. The normalized spacial score (nSPS) is 14.0. The molecule has 0 aliphatic carbocycles. The molecule has 7 rings (SSSR count). The number of oxazole rings is 1. The van der Waals surface area contributed by atoms with Crippen molar-refractivity contribution < 1.29 is 18.7 Å². The molecular weight excluding hydrogens is 653 g/mol. The fourth-order valence-corrected chi connectivity index (χ4v) is 6.93. The maximum absolute atomic E-state index is 12.6. The van der Waals surface area contributed by atoms with Gasteiger partial charge in [-0.25, -0.2) is 9.97 Å². The number of esters is 1. The smallest absolute Gasteiger partial charge is 0.309 e. The summed E-state index contributed by atoms with van der Waals surface area (Å²) in [5.74, 6) is 0.837. The Morgan fingerprint density at radius 3 is 2.48 bits per heavy atom. The molecule has 0 saturated carbocycles. The van der Waals surface area contributed by atoms with Crippen molar-refractivity contribution >= 4 is 45.8 Å². The third-order valence-corrected chi connectivity index (χ3v) is 9.60. The first-order valence-corrected chi connectivity index (χ1v) is 17.5. The van der Waals surface area contributed by atoms with Gasteiger partial charge in [0.25, 0.3) is 0 Å². The second-order valence-electron chi connectivity index (χ2n) is 14.4. The van der Waals surface area contributed by atoms with Gasteiger partial charge in [0.1, 0.15) is 22.7 Å². The number of piperidine rings is 1. The number of hydrogen-bond acceptors (Lipinski definition) is 10. The molecule has 0 radical (unpaired) electrons. The minimum atomic E-state index is -0.491. The van der Waals surface area contributed by atoms with Crippen molar-refractivity contribution in [2.45, 2.75) is 59.6 Å². The van der Waals surface area contributed by atoms with E-state index in [1.807, 2.05) is 63.2 Å². The van der Waals surface area contributed by atoms with Gasteiger partial charge in [0, 0.05) is 41.1 Å². The van der Waals surface area contributed by atoms with Gasteiger partial charge in [0.15, 0.2) is 17.7 Å². The van der Waals surface area contributed by atoms with Crippen molar-refractivity contribution in [2.75, 3.05) is 18.4 Å². The van der Waals surface area contributed by atoms with E-state index in [2.05, 4.69) is 52.2 Å². The third-order valence-electron chi connectivity index (χ3n) is 9.60. The lowest BCUT2D eigenvalue weighted by Gasteiger charge is -2.32. The molecule has 0 spiro atoms. The molecule has 1 fully saturated rings. The number of aldehydes is 1. The topological polar surface area (TPSA) is 134 Å². The molecule has 4 heterocycles. The first-order chi connectivity index (χ1) is 25.0. The maximum Gasteiger partial charge on any atom is 0.309 e. The number of ether oxygens (including phenoxy) is 1. The lowest BCUT2D eigenvalue weighted by atomic mass is 9.93. The zero-order chi connectivity index (χ0) is 36.6. The van der Waals surface area contributed by atoms with Gasteiger partial charge in [-0.1, -0.05) is 24.3 Å². The van der Waals surface area contributed by atoms with Crippen molar-refractivity contribution in [3.63, 3.8) is 0 Å². The summed E-state index contributed by atoms with van der Waals surface area (Å²) in [7, 11) is 0.